The Bertz CT molecular complexity index is 142. The second-order valence-corrected chi connectivity index (χ2v) is 1.90. The van der Waals surface area contributed by atoms with Crippen molar-refractivity contribution in [2.75, 3.05) is 13.2 Å². The zero-order valence-electron chi connectivity index (χ0n) is 5.08. The van der Waals surface area contributed by atoms with Crippen LogP contribution in [0, 0.1) is 0 Å². The molecule has 0 saturated carbocycles. The molecule has 1 N–H and O–H groups in total. The van der Waals surface area contributed by atoms with E-state index in [-0.39, 0.29) is 12.5 Å². The zero-order chi connectivity index (χ0) is 6.69. The molecule has 1 aliphatic rings. The summed E-state index contributed by atoms with van der Waals surface area (Å²) in [6, 6.07) is 0. The average Bonchev–Trinajstić information content (AvgIpc) is 2.18. The highest BCUT2D eigenvalue weighted by molar-refractivity contribution is 5.81. The van der Waals surface area contributed by atoms with Crippen LogP contribution >= 0.6 is 0 Å². The summed E-state index contributed by atoms with van der Waals surface area (Å²) in [4.78, 5) is 12.2. The molecule has 0 aromatic carbocycles. The number of aliphatic hydroxyl groups is 1. The molecule has 0 aliphatic carbocycles. The summed E-state index contributed by atoms with van der Waals surface area (Å²) in [5.41, 5.74) is 0. The first-order valence-electron chi connectivity index (χ1n) is 2.91. The molecule has 50 valence electrons. The number of amides is 1. The van der Waals surface area contributed by atoms with Gasteiger partial charge in [-0.1, -0.05) is 6.08 Å². The smallest absolute Gasteiger partial charge is 0.230 e. The lowest BCUT2D eigenvalue weighted by Gasteiger charge is -2.09. The van der Waals surface area contributed by atoms with E-state index >= 15 is 0 Å². The molecule has 1 heterocycles. The van der Waals surface area contributed by atoms with Crippen LogP contribution in [0.3, 0.4) is 0 Å². The molecule has 0 aromatic rings. The van der Waals surface area contributed by atoms with Gasteiger partial charge in [-0.25, -0.2) is 0 Å². The summed E-state index contributed by atoms with van der Waals surface area (Å²) in [5.74, 6) is 0.0732. The monoisotopic (exact) mass is 127 g/mol. The lowest BCUT2D eigenvalue weighted by molar-refractivity contribution is -0.127. The first-order valence-corrected chi connectivity index (χ1v) is 2.91. The fraction of sp³-hybridized carbons (Fsp3) is 0.500. The topological polar surface area (TPSA) is 40.5 Å². The zero-order valence-corrected chi connectivity index (χ0v) is 5.08. The van der Waals surface area contributed by atoms with Gasteiger partial charge in [0, 0.05) is 19.2 Å². The maximum absolute atomic E-state index is 10.7. The van der Waals surface area contributed by atoms with E-state index < -0.39 is 0 Å². The maximum atomic E-state index is 10.7. The SMILES string of the molecule is O=C1CC=CN1CCO. The van der Waals surface area contributed by atoms with Crippen LogP contribution in [0.1, 0.15) is 6.42 Å². The number of aliphatic hydroxyl groups excluding tert-OH is 1. The molecule has 0 radical (unpaired) electrons. The van der Waals surface area contributed by atoms with E-state index in [1.165, 1.54) is 4.90 Å². The first-order chi connectivity index (χ1) is 4.34. The second-order valence-electron chi connectivity index (χ2n) is 1.90. The molecule has 0 unspecified atom stereocenters. The minimum Gasteiger partial charge on any atom is -0.395 e. The number of hydrogen-bond donors (Lipinski definition) is 1. The Labute approximate surface area is 53.6 Å². The average molecular weight is 127 g/mol. The highest BCUT2D eigenvalue weighted by atomic mass is 16.3. The van der Waals surface area contributed by atoms with Gasteiger partial charge >= 0.3 is 0 Å². The van der Waals surface area contributed by atoms with Crippen molar-refractivity contribution >= 4 is 5.91 Å². The molecule has 0 aromatic heterocycles. The van der Waals surface area contributed by atoms with Crippen molar-refractivity contribution < 1.29 is 9.90 Å². The van der Waals surface area contributed by atoms with Gasteiger partial charge in [-0.15, -0.1) is 0 Å². The molecule has 9 heavy (non-hydrogen) atoms. The third-order valence-electron chi connectivity index (χ3n) is 1.24. The van der Waals surface area contributed by atoms with Gasteiger partial charge in [-0.05, 0) is 0 Å². The van der Waals surface area contributed by atoms with Crippen molar-refractivity contribution in [3.63, 3.8) is 0 Å². The molecule has 1 aliphatic heterocycles. The number of nitrogens with zero attached hydrogens (tertiary/aromatic N) is 1. The van der Waals surface area contributed by atoms with Crippen LogP contribution in [-0.4, -0.2) is 29.1 Å². The summed E-state index contributed by atoms with van der Waals surface area (Å²) < 4.78 is 0. The normalized spacial score (nSPS) is 17.4. The van der Waals surface area contributed by atoms with Crippen LogP contribution < -0.4 is 0 Å². The molecule has 1 rings (SSSR count). The predicted molar refractivity (Wildman–Crippen MR) is 32.6 cm³/mol. The van der Waals surface area contributed by atoms with E-state index in [0.717, 1.165) is 0 Å². The first kappa shape index (κ1) is 6.29. The van der Waals surface area contributed by atoms with Crippen molar-refractivity contribution in [2.45, 2.75) is 6.42 Å². The van der Waals surface area contributed by atoms with E-state index in [4.69, 9.17) is 5.11 Å². The Morgan fingerprint density at radius 1 is 1.78 bits per heavy atom. The van der Waals surface area contributed by atoms with Gasteiger partial charge in [-0.3, -0.25) is 4.79 Å². The Morgan fingerprint density at radius 3 is 3.00 bits per heavy atom. The lowest BCUT2D eigenvalue weighted by Crippen LogP contribution is -2.23. The van der Waals surface area contributed by atoms with Crippen LogP contribution in [-0.2, 0) is 4.79 Å². The molecule has 0 bridgehead atoms. The third kappa shape index (κ3) is 1.29. The number of rotatable bonds is 2. The number of hydrogen-bond acceptors (Lipinski definition) is 2. The predicted octanol–water partition coefficient (Wildman–Crippen LogP) is -0.275. The Balaban J connectivity index is 2.40. The van der Waals surface area contributed by atoms with E-state index in [1.807, 2.05) is 0 Å². The van der Waals surface area contributed by atoms with Gasteiger partial charge in [0.1, 0.15) is 0 Å². The lowest BCUT2D eigenvalue weighted by atomic mass is 10.4. The second kappa shape index (κ2) is 2.64. The molecule has 0 fully saturated rings. The molecule has 0 saturated heterocycles. The van der Waals surface area contributed by atoms with Gasteiger partial charge in [-0.2, -0.15) is 0 Å². The van der Waals surface area contributed by atoms with Crippen molar-refractivity contribution in [1.29, 1.82) is 0 Å². The molecule has 0 atom stereocenters. The fourth-order valence-electron chi connectivity index (χ4n) is 0.788. The van der Waals surface area contributed by atoms with E-state index in [2.05, 4.69) is 0 Å². The summed E-state index contributed by atoms with van der Waals surface area (Å²) in [6.45, 7) is 0.464. The molecular weight excluding hydrogens is 118 g/mol. The minimum absolute atomic E-state index is 0.0378. The van der Waals surface area contributed by atoms with Crippen LogP contribution in [0.2, 0.25) is 0 Å². The van der Waals surface area contributed by atoms with Crippen LogP contribution in [0.15, 0.2) is 12.3 Å². The van der Waals surface area contributed by atoms with Crippen molar-refractivity contribution in [1.82, 2.24) is 4.90 Å². The van der Waals surface area contributed by atoms with Crippen LogP contribution in [0.25, 0.3) is 0 Å². The van der Waals surface area contributed by atoms with Crippen molar-refractivity contribution in [3.8, 4) is 0 Å². The Morgan fingerprint density at radius 2 is 2.56 bits per heavy atom. The quantitative estimate of drug-likeness (QED) is 0.554. The van der Waals surface area contributed by atoms with Gasteiger partial charge in [0.2, 0.25) is 5.91 Å². The van der Waals surface area contributed by atoms with Gasteiger partial charge < -0.3 is 10.0 Å². The van der Waals surface area contributed by atoms with Gasteiger partial charge in [0.25, 0.3) is 0 Å². The Hall–Kier alpha value is -0.830. The molecule has 1 amide bonds. The molecule has 0 spiro atoms. The summed E-state index contributed by atoms with van der Waals surface area (Å²) in [6.07, 6.45) is 3.98. The van der Waals surface area contributed by atoms with E-state index in [0.29, 0.717) is 13.0 Å². The number of carbonyl (C=O) groups is 1. The van der Waals surface area contributed by atoms with Crippen molar-refractivity contribution in [3.05, 3.63) is 12.3 Å². The molecule has 3 nitrogen and oxygen atoms in total. The Kier molecular flexibility index (Phi) is 1.85. The summed E-state index contributed by atoms with van der Waals surface area (Å²) >= 11 is 0. The summed E-state index contributed by atoms with van der Waals surface area (Å²) in [7, 11) is 0. The molecule has 3 heteroatoms. The van der Waals surface area contributed by atoms with Crippen LogP contribution in [0.5, 0.6) is 0 Å². The maximum Gasteiger partial charge on any atom is 0.230 e. The largest absolute Gasteiger partial charge is 0.395 e. The fourth-order valence-corrected chi connectivity index (χ4v) is 0.788. The number of β-amino-alcohol motifs (C(OH)–C–C–N with tert-alkyl or cyclic N) is 1. The van der Waals surface area contributed by atoms with E-state index in [1.54, 1.807) is 12.3 Å². The van der Waals surface area contributed by atoms with Crippen LogP contribution in [0.4, 0.5) is 0 Å². The van der Waals surface area contributed by atoms with Gasteiger partial charge in [0.15, 0.2) is 0 Å². The highest BCUT2D eigenvalue weighted by Crippen LogP contribution is 2.03. The number of carbonyl (C=O) groups excluding carboxylic acids is 1. The van der Waals surface area contributed by atoms with Crippen molar-refractivity contribution in [2.24, 2.45) is 0 Å². The third-order valence-corrected chi connectivity index (χ3v) is 1.24. The van der Waals surface area contributed by atoms with Gasteiger partial charge in [0.05, 0.1) is 6.61 Å². The summed E-state index contributed by atoms with van der Waals surface area (Å²) in [5, 5.41) is 8.42. The molecular formula is C6H9NO2. The standard InChI is InChI=1S/C6H9NO2/c8-5-4-7-3-1-2-6(7)9/h1,3,8H,2,4-5H2. The minimum atomic E-state index is 0.0378. The highest BCUT2D eigenvalue weighted by Gasteiger charge is 2.12. The van der Waals surface area contributed by atoms with E-state index in [9.17, 15) is 4.79 Å².